The molecule has 2 atom stereocenters. The molecule has 1 heterocycles. The molecule has 13 heteroatoms. The first-order valence-electron chi connectivity index (χ1n) is 16.4. The molecule has 0 fully saturated rings. The Morgan fingerprint density at radius 1 is 0.960 bits per heavy atom. The van der Waals surface area contributed by atoms with Gasteiger partial charge in [0.05, 0.1) is 23.8 Å². The van der Waals surface area contributed by atoms with Crippen molar-refractivity contribution in [2.45, 2.75) is 48.8 Å². The van der Waals surface area contributed by atoms with Crippen LogP contribution in [0.25, 0.3) is 10.4 Å². The van der Waals surface area contributed by atoms with Gasteiger partial charge >= 0.3 is 0 Å². The van der Waals surface area contributed by atoms with Crippen LogP contribution in [0.3, 0.4) is 0 Å². The number of nitrogens with one attached hydrogen (secondary N) is 2. The average Bonchev–Trinajstić information content (AvgIpc) is 3.55. The van der Waals surface area contributed by atoms with Crippen LogP contribution in [0, 0.1) is 0 Å². The number of aliphatic imine (C=N–C) groups is 1. The number of aliphatic hydroxyl groups excluding tert-OH is 1. The molecule has 50 heavy (non-hydrogen) atoms. The standard InChI is InChI=1S/C37H40N6O6S/c38-43-40-27-30-14-7-8-17-33(30)34-37(22-26-50(46,47)32-15-5-2-6-16-32,36(45)42-39-23-9-13-28-11-3-1-4-12-28)41-35(49-34)29-18-20-31(21-19-29)48-25-10-24-44/h1-8,11-12,14-21,34,39,44H,9-10,13,22-27H2,(H,42,45)/t34-,37-/m0/s1. The van der Waals surface area contributed by atoms with Crippen molar-refractivity contribution in [3.63, 3.8) is 0 Å². The van der Waals surface area contributed by atoms with E-state index < -0.39 is 33.1 Å². The zero-order valence-electron chi connectivity index (χ0n) is 27.5. The van der Waals surface area contributed by atoms with E-state index in [9.17, 15) is 13.2 Å². The molecular weight excluding hydrogens is 657 g/mol. The predicted octanol–water partition coefficient (Wildman–Crippen LogP) is 5.63. The lowest BCUT2D eigenvalue weighted by atomic mass is 9.83. The van der Waals surface area contributed by atoms with Gasteiger partial charge in [-0.1, -0.05) is 77.9 Å². The van der Waals surface area contributed by atoms with Crippen LogP contribution in [0.1, 0.15) is 47.6 Å². The van der Waals surface area contributed by atoms with Gasteiger partial charge in [0, 0.05) is 36.5 Å². The van der Waals surface area contributed by atoms with Crippen molar-refractivity contribution in [3.8, 4) is 5.75 Å². The summed E-state index contributed by atoms with van der Waals surface area (Å²) in [6, 6.07) is 32.1. The molecule has 1 aliphatic rings. The number of amides is 1. The first kappa shape index (κ1) is 36.1. The van der Waals surface area contributed by atoms with Crippen LogP contribution in [-0.4, -0.2) is 56.4 Å². The average molecular weight is 697 g/mol. The summed E-state index contributed by atoms with van der Waals surface area (Å²) < 4.78 is 39.5. The Balaban J connectivity index is 1.51. The van der Waals surface area contributed by atoms with Crippen molar-refractivity contribution < 1.29 is 27.8 Å². The normalized spacial score (nSPS) is 16.9. The highest BCUT2D eigenvalue weighted by Crippen LogP contribution is 2.44. The summed E-state index contributed by atoms with van der Waals surface area (Å²) in [4.78, 5) is 22.4. The van der Waals surface area contributed by atoms with Crippen LogP contribution in [-0.2, 0) is 32.3 Å². The van der Waals surface area contributed by atoms with Crippen LogP contribution >= 0.6 is 0 Å². The van der Waals surface area contributed by atoms with Gasteiger partial charge in [0.25, 0.3) is 5.91 Å². The predicted molar refractivity (Wildman–Crippen MR) is 190 cm³/mol. The van der Waals surface area contributed by atoms with Crippen molar-refractivity contribution in [2.75, 3.05) is 25.5 Å². The summed E-state index contributed by atoms with van der Waals surface area (Å²) in [5.74, 6) is -0.241. The zero-order chi connectivity index (χ0) is 35.2. The molecule has 0 aliphatic carbocycles. The monoisotopic (exact) mass is 696 g/mol. The lowest BCUT2D eigenvalue weighted by molar-refractivity contribution is -0.130. The Hall–Kier alpha value is -5.20. The minimum Gasteiger partial charge on any atom is -0.494 e. The number of hydrogen-bond acceptors (Lipinski definition) is 9. The van der Waals surface area contributed by atoms with Gasteiger partial charge in [-0.3, -0.25) is 10.2 Å². The van der Waals surface area contributed by atoms with Crippen molar-refractivity contribution in [3.05, 3.63) is 142 Å². The maximum absolute atomic E-state index is 14.5. The third-order valence-electron chi connectivity index (χ3n) is 8.34. The van der Waals surface area contributed by atoms with Crippen molar-refractivity contribution in [2.24, 2.45) is 10.1 Å². The SMILES string of the molecule is [N-]=[N+]=NCc1ccccc1[C@@H]1OC(c2ccc(OCCCO)cc2)=N[C@]1(CCS(=O)(=O)c1ccccc1)C(=O)NNCCCc1ccccc1. The van der Waals surface area contributed by atoms with E-state index in [1.54, 1.807) is 66.7 Å². The Bertz CT molecular complexity index is 1900. The van der Waals surface area contributed by atoms with Crippen LogP contribution in [0.15, 0.2) is 124 Å². The van der Waals surface area contributed by atoms with E-state index in [2.05, 4.69) is 20.9 Å². The number of carbonyl (C=O) groups is 1. The number of benzene rings is 4. The Morgan fingerprint density at radius 2 is 1.66 bits per heavy atom. The molecule has 0 radical (unpaired) electrons. The summed E-state index contributed by atoms with van der Waals surface area (Å²) in [6.45, 7) is 0.790. The van der Waals surface area contributed by atoms with Crippen LogP contribution in [0.4, 0.5) is 0 Å². The van der Waals surface area contributed by atoms with E-state index in [1.165, 1.54) is 17.7 Å². The molecule has 0 spiro atoms. The molecule has 0 saturated heterocycles. The minimum absolute atomic E-state index is 0.0112. The first-order chi connectivity index (χ1) is 24.4. The minimum atomic E-state index is -3.83. The maximum atomic E-state index is 14.5. The number of hydrogen-bond donors (Lipinski definition) is 3. The number of nitrogens with zero attached hydrogens (tertiary/aromatic N) is 4. The lowest BCUT2D eigenvalue weighted by Gasteiger charge is -2.31. The Kier molecular flexibility index (Phi) is 12.6. The van der Waals surface area contributed by atoms with Crippen molar-refractivity contribution in [1.29, 1.82) is 0 Å². The number of hydrazine groups is 1. The fourth-order valence-corrected chi connectivity index (χ4v) is 7.09. The number of ether oxygens (including phenoxy) is 2. The quantitative estimate of drug-likeness (QED) is 0.0397. The number of azide groups is 1. The smallest absolute Gasteiger partial charge is 0.266 e. The molecule has 0 aromatic heterocycles. The van der Waals surface area contributed by atoms with E-state index in [1.807, 2.05) is 30.3 Å². The number of aliphatic hydroxyl groups is 1. The Labute approximate surface area is 291 Å². The first-order valence-corrected chi connectivity index (χ1v) is 18.1. The molecule has 5 rings (SSSR count). The van der Waals surface area contributed by atoms with Gasteiger partial charge in [-0.2, -0.15) is 0 Å². The van der Waals surface area contributed by atoms with Crippen molar-refractivity contribution >= 4 is 21.6 Å². The summed E-state index contributed by atoms with van der Waals surface area (Å²) >= 11 is 0. The van der Waals surface area contributed by atoms with Gasteiger partial charge in [-0.15, -0.1) is 0 Å². The Morgan fingerprint density at radius 3 is 2.38 bits per heavy atom. The molecular formula is C37H40N6O6S. The topological polar surface area (TPSA) is 175 Å². The van der Waals surface area contributed by atoms with Gasteiger partial charge in [0.2, 0.25) is 5.90 Å². The molecule has 12 nitrogen and oxygen atoms in total. The van der Waals surface area contributed by atoms with E-state index in [0.717, 1.165) is 12.8 Å². The molecule has 260 valence electrons. The van der Waals surface area contributed by atoms with Crippen LogP contribution in [0.5, 0.6) is 5.75 Å². The summed E-state index contributed by atoms with van der Waals surface area (Å²) in [7, 11) is -3.83. The van der Waals surface area contributed by atoms with Crippen LogP contribution < -0.4 is 15.6 Å². The second-order valence-electron chi connectivity index (χ2n) is 11.7. The third-order valence-corrected chi connectivity index (χ3v) is 10.1. The maximum Gasteiger partial charge on any atom is 0.266 e. The van der Waals surface area contributed by atoms with E-state index in [-0.39, 0.29) is 30.4 Å². The highest BCUT2D eigenvalue weighted by molar-refractivity contribution is 7.91. The second-order valence-corrected chi connectivity index (χ2v) is 13.8. The van der Waals surface area contributed by atoms with Crippen LogP contribution in [0.2, 0.25) is 0 Å². The molecule has 3 N–H and O–H groups in total. The number of aryl methyl sites for hydroxylation is 1. The molecule has 0 saturated carbocycles. The number of carbonyl (C=O) groups excluding carboxylic acids is 1. The van der Waals surface area contributed by atoms with Gasteiger partial charge < -0.3 is 14.6 Å². The van der Waals surface area contributed by atoms with Gasteiger partial charge in [0.15, 0.2) is 21.5 Å². The second kappa shape index (κ2) is 17.5. The molecule has 4 aromatic rings. The fourth-order valence-electron chi connectivity index (χ4n) is 5.70. The lowest BCUT2D eigenvalue weighted by Crippen LogP contribution is -2.53. The van der Waals surface area contributed by atoms with E-state index in [0.29, 0.717) is 42.0 Å². The number of rotatable bonds is 18. The molecule has 1 amide bonds. The summed E-state index contributed by atoms with van der Waals surface area (Å²) in [6.07, 6.45) is 0.729. The van der Waals surface area contributed by atoms with E-state index >= 15 is 0 Å². The highest BCUT2D eigenvalue weighted by atomic mass is 32.2. The van der Waals surface area contributed by atoms with Gasteiger partial charge in [0.1, 0.15) is 5.75 Å². The molecule has 0 bridgehead atoms. The van der Waals surface area contributed by atoms with E-state index in [4.69, 9.17) is 25.1 Å². The number of sulfone groups is 1. The van der Waals surface area contributed by atoms with Gasteiger partial charge in [-0.05, 0) is 71.5 Å². The van der Waals surface area contributed by atoms with Gasteiger partial charge in [-0.25, -0.2) is 18.8 Å². The zero-order valence-corrected chi connectivity index (χ0v) is 28.3. The molecule has 4 aromatic carbocycles. The third kappa shape index (κ3) is 9.07. The summed E-state index contributed by atoms with van der Waals surface area (Å²) in [5.41, 5.74) is 16.0. The van der Waals surface area contributed by atoms with Crippen molar-refractivity contribution in [1.82, 2.24) is 10.9 Å². The largest absolute Gasteiger partial charge is 0.494 e. The molecule has 0 unspecified atom stereocenters. The fraction of sp³-hybridized carbons (Fsp3) is 0.297. The molecule has 1 aliphatic heterocycles. The highest BCUT2D eigenvalue weighted by Gasteiger charge is 2.54. The summed E-state index contributed by atoms with van der Waals surface area (Å²) in [5, 5.41) is 12.8.